The summed E-state index contributed by atoms with van der Waals surface area (Å²) in [6.45, 7) is 0. The van der Waals surface area contributed by atoms with Crippen LogP contribution in [0.15, 0.2) is 73.1 Å². The summed E-state index contributed by atoms with van der Waals surface area (Å²) in [7, 11) is 6.39. The van der Waals surface area contributed by atoms with Crippen LogP contribution in [0.25, 0.3) is 0 Å². The lowest BCUT2D eigenvalue weighted by atomic mass is 9.95. The minimum atomic E-state index is -0.123. The van der Waals surface area contributed by atoms with Crippen molar-refractivity contribution < 1.29 is 23.7 Å². The van der Waals surface area contributed by atoms with E-state index >= 15 is 0 Å². The molecule has 0 aliphatic heterocycles. The van der Waals surface area contributed by atoms with E-state index in [-0.39, 0.29) is 5.78 Å². The molecule has 0 aliphatic carbocycles. The highest BCUT2D eigenvalue weighted by Gasteiger charge is 2.19. The Morgan fingerprint density at radius 1 is 0.611 bits per heavy atom. The lowest BCUT2D eigenvalue weighted by Crippen LogP contribution is -2.11. The van der Waals surface area contributed by atoms with Gasteiger partial charge in [0.15, 0.2) is 28.8 Å². The zero-order chi connectivity index (χ0) is 25.5. The third kappa shape index (κ3) is 5.30. The van der Waals surface area contributed by atoms with Crippen LogP contribution in [0.1, 0.15) is 38.4 Å². The number of benzene rings is 2. The Hall–Kier alpha value is -4.39. The Morgan fingerprint density at radius 3 is 1.42 bits per heavy atom. The molecule has 0 saturated carbocycles. The molecule has 0 saturated heterocycles. The second-order valence-electron chi connectivity index (χ2n) is 8.06. The number of ether oxygens (including phenoxy) is 4. The fraction of sp³-hybridized carbons (Fsp3) is 0.207. The van der Waals surface area contributed by atoms with Gasteiger partial charge in [-0.2, -0.15) is 0 Å². The summed E-state index contributed by atoms with van der Waals surface area (Å²) in [5.74, 6) is 2.43. The molecule has 0 N–H and O–H groups in total. The molecule has 0 aliphatic rings. The summed E-state index contributed by atoms with van der Waals surface area (Å²) in [5.41, 5.74) is 4.34. The molecule has 2 aromatic carbocycles. The van der Waals surface area contributed by atoms with Crippen molar-refractivity contribution in [1.82, 2.24) is 9.97 Å². The molecule has 0 spiro atoms. The zero-order valence-electron chi connectivity index (χ0n) is 20.8. The lowest BCUT2D eigenvalue weighted by molar-refractivity contribution is 0.103. The number of carbonyl (C=O) groups excluding carboxylic acids is 1. The van der Waals surface area contributed by atoms with Gasteiger partial charge < -0.3 is 18.9 Å². The van der Waals surface area contributed by atoms with E-state index in [1.54, 1.807) is 65.1 Å². The van der Waals surface area contributed by atoms with E-state index in [9.17, 15) is 4.79 Å². The van der Waals surface area contributed by atoms with Crippen LogP contribution in [0.2, 0.25) is 0 Å². The molecule has 2 heterocycles. The van der Waals surface area contributed by atoms with Gasteiger partial charge in [-0.25, -0.2) is 0 Å². The van der Waals surface area contributed by atoms with Gasteiger partial charge in [0.25, 0.3) is 0 Å². The molecule has 2 aromatic heterocycles. The number of carbonyl (C=O) groups is 1. The maximum Gasteiger partial charge on any atom is 0.196 e. The lowest BCUT2D eigenvalue weighted by Gasteiger charge is -2.13. The van der Waals surface area contributed by atoms with Crippen LogP contribution in [0.4, 0.5) is 0 Å². The molecule has 0 bridgehead atoms. The molecule has 0 atom stereocenters. The van der Waals surface area contributed by atoms with E-state index in [0.29, 0.717) is 58.4 Å². The van der Waals surface area contributed by atoms with Crippen molar-refractivity contribution in [2.45, 2.75) is 12.8 Å². The van der Waals surface area contributed by atoms with Crippen LogP contribution < -0.4 is 18.9 Å². The van der Waals surface area contributed by atoms with Crippen LogP contribution in [-0.2, 0) is 12.8 Å². The maximum absolute atomic E-state index is 13.7. The molecule has 4 rings (SSSR count). The van der Waals surface area contributed by atoms with Crippen molar-refractivity contribution in [2.75, 3.05) is 28.4 Å². The fourth-order valence-electron chi connectivity index (χ4n) is 4.08. The van der Waals surface area contributed by atoms with E-state index in [1.807, 2.05) is 36.4 Å². The van der Waals surface area contributed by atoms with Gasteiger partial charge in [-0.15, -0.1) is 0 Å². The van der Waals surface area contributed by atoms with Crippen LogP contribution >= 0.6 is 0 Å². The summed E-state index contributed by atoms with van der Waals surface area (Å²) >= 11 is 0. The number of rotatable bonds is 10. The molecule has 36 heavy (non-hydrogen) atoms. The van der Waals surface area contributed by atoms with Crippen molar-refractivity contribution in [2.24, 2.45) is 0 Å². The molecule has 0 fully saturated rings. The first-order chi connectivity index (χ1) is 17.6. The number of hydrogen-bond donors (Lipinski definition) is 0. The van der Waals surface area contributed by atoms with Gasteiger partial charge in [-0.3, -0.25) is 14.8 Å². The Balaban J connectivity index is 1.65. The van der Waals surface area contributed by atoms with Gasteiger partial charge in [0.2, 0.25) is 0 Å². The van der Waals surface area contributed by atoms with Gasteiger partial charge in [0.1, 0.15) is 0 Å². The second kappa shape index (κ2) is 11.4. The van der Waals surface area contributed by atoms with Gasteiger partial charge in [-0.05, 0) is 59.7 Å². The van der Waals surface area contributed by atoms with Crippen LogP contribution in [-0.4, -0.2) is 44.2 Å². The van der Waals surface area contributed by atoms with Gasteiger partial charge >= 0.3 is 0 Å². The number of pyridine rings is 2. The number of hydrogen-bond acceptors (Lipinski definition) is 7. The fourth-order valence-corrected chi connectivity index (χ4v) is 4.08. The molecule has 0 unspecified atom stereocenters. The number of ketones is 1. The molecule has 0 radical (unpaired) electrons. The first-order valence-electron chi connectivity index (χ1n) is 11.4. The topological polar surface area (TPSA) is 79.8 Å². The largest absolute Gasteiger partial charge is 0.493 e. The van der Waals surface area contributed by atoms with Crippen molar-refractivity contribution in [3.8, 4) is 23.0 Å². The quantitative estimate of drug-likeness (QED) is 0.296. The minimum absolute atomic E-state index is 0.123. The van der Waals surface area contributed by atoms with E-state index < -0.39 is 0 Å². The number of aromatic nitrogens is 2. The molecule has 184 valence electrons. The highest BCUT2D eigenvalue weighted by atomic mass is 16.5. The maximum atomic E-state index is 13.7. The summed E-state index contributed by atoms with van der Waals surface area (Å²) in [4.78, 5) is 22.8. The molecule has 7 nitrogen and oxygen atoms in total. The highest BCUT2D eigenvalue weighted by molar-refractivity contribution is 6.10. The van der Waals surface area contributed by atoms with Crippen LogP contribution in [0.5, 0.6) is 23.0 Å². The van der Waals surface area contributed by atoms with E-state index in [4.69, 9.17) is 18.9 Å². The summed E-state index contributed by atoms with van der Waals surface area (Å²) < 4.78 is 21.5. The standard InChI is InChI=1S/C29H28N2O5/c1-33-25-11-9-19(17-27(25)35-3)15-23-21(7-5-13-30-23)29(32)22-8-6-14-31-24(22)16-20-10-12-26(34-2)28(18-20)36-4/h5-14,17-18H,15-16H2,1-4H3. The molecular formula is C29H28N2O5. The van der Waals surface area contributed by atoms with Crippen molar-refractivity contribution >= 4 is 5.78 Å². The SMILES string of the molecule is COc1ccc(Cc2ncccc2C(=O)c2cccnc2Cc2ccc(OC)c(OC)c2)cc1OC. The monoisotopic (exact) mass is 484 g/mol. The van der Waals surface area contributed by atoms with Gasteiger partial charge in [0, 0.05) is 36.4 Å². The highest BCUT2D eigenvalue weighted by Crippen LogP contribution is 2.30. The summed E-state index contributed by atoms with van der Waals surface area (Å²) in [6.07, 6.45) is 4.32. The normalized spacial score (nSPS) is 10.6. The molecule has 4 aromatic rings. The van der Waals surface area contributed by atoms with E-state index in [0.717, 1.165) is 11.1 Å². The summed E-state index contributed by atoms with van der Waals surface area (Å²) in [5, 5.41) is 0. The number of methoxy groups -OCH3 is 4. The average molecular weight is 485 g/mol. The van der Waals surface area contributed by atoms with Crippen molar-refractivity contribution in [3.05, 3.63) is 107 Å². The van der Waals surface area contributed by atoms with Crippen molar-refractivity contribution in [1.29, 1.82) is 0 Å². The average Bonchev–Trinajstić information content (AvgIpc) is 2.93. The minimum Gasteiger partial charge on any atom is -0.493 e. The van der Waals surface area contributed by atoms with E-state index in [1.165, 1.54) is 0 Å². The molecular weight excluding hydrogens is 456 g/mol. The Kier molecular flexibility index (Phi) is 7.80. The van der Waals surface area contributed by atoms with Crippen LogP contribution in [0, 0.1) is 0 Å². The van der Waals surface area contributed by atoms with E-state index in [2.05, 4.69) is 9.97 Å². The first kappa shape index (κ1) is 24.7. The Morgan fingerprint density at radius 2 is 1.03 bits per heavy atom. The summed E-state index contributed by atoms with van der Waals surface area (Å²) in [6, 6.07) is 18.5. The predicted octanol–water partition coefficient (Wildman–Crippen LogP) is 4.92. The molecule has 7 heteroatoms. The third-order valence-corrected chi connectivity index (χ3v) is 5.91. The zero-order valence-corrected chi connectivity index (χ0v) is 20.8. The van der Waals surface area contributed by atoms with Crippen LogP contribution in [0.3, 0.4) is 0 Å². The Labute approximate surface area is 210 Å². The third-order valence-electron chi connectivity index (χ3n) is 5.91. The van der Waals surface area contributed by atoms with Gasteiger partial charge in [0.05, 0.1) is 39.8 Å². The number of nitrogens with zero attached hydrogens (tertiary/aromatic N) is 2. The smallest absolute Gasteiger partial charge is 0.196 e. The van der Waals surface area contributed by atoms with Gasteiger partial charge in [-0.1, -0.05) is 12.1 Å². The Bertz CT molecular complexity index is 1270. The predicted molar refractivity (Wildman–Crippen MR) is 137 cm³/mol. The first-order valence-corrected chi connectivity index (χ1v) is 11.4. The molecule has 0 amide bonds. The van der Waals surface area contributed by atoms with Crippen molar-refractivity contribution in [3.63, 3.8) is 0 Å². The second-order valence-corrected chi connectivity index (χ2v) is 8.06.